The van der Waals surface area contributed by atoms with Crippen LogP contribution in [0.3, 0.4) is 0 Å². The minimum absolute atomic E-state index is 0.0516. The molecule has 3 fully saturated rings. The maximum absolute atomic E-state index is 12.5. The molecule has 0 radical (unpaired) electrons. The van der Waals surface area contributed by atoms with Gasteiger partial charge >= 0.3 is 0 Å². The van der Waals surface area contributed by atoms with Crippen LogP contribution < -0.4 is 4.72 Å². The number of hydrogen-bond acceptors (Lipinski definition) is 3. The second kappa shape index (κ2) is 5.40. The lowest BCUT2D eigenvalue weighted by molar-refractivity contribution is 0.0827. The molecule has 0 saturated carbocycles. The van der Waals surface area contributed by atoms with Crippen LogP contribution in [-0.2, 0) is 10.0 Å². The Hall–Kier alpha value is -0.430. The summed E-state index contributed by atoms with van der Waals surface area (Å²) in [4.78, 5) is 2.68. The number of sulfonamides is 1. The fourth-order valence-corrected chi connectivity index (χ4v) is 5.67. The summed E-state index contributed by atoms with van der Waals surface area (Å²) in [7, 11) is -3.45. The summed E-state index contributed by atoms with van der Waals surface area (Å²) >= 11 is 3.36. The molecule has 1 aromatic rings. The topological polar surface area (TPSA) is 49.4 Å². The van der Waals surface area contributed by atoms with Gasteiger partial charge in [0.15, 0.2) is 0 Å². The second-order valence-electron chi connectivity index (χ2n) is 5.80. The molecule has 0 amide bonds. The van der Waals surface area contributed by atoms with Gasteiger partial charge in [-0.2, -0.15) is 0 Å². The largest absolute Gasteiger partial charge is 0.302 e. The molecule has 0 spiro atoms. The predicted octanol–water partition coefficient (Wildman–Crippen LogP) is 2.13. The van der Waals surface area contributed by atoms with E-state index in [0.717, 1.165) is 38.0 Å². The quantitative estimate of drug-likeness (QED) is 0.900. The number of benzene rings is 1. The first-order valence-corrected chi connectivity index (χ1v) is 9.24. The number of halogens is 1. The van der Waals surface area contributed by atoms with E-state index in [4.69, 9.17) is 0 Å². The smallest absolute Gasteiger partial charge is 0.241 e. The molecule has 3 saturated heterocycles. The van der Waals surface area contributed by atoms with E-state index >= 15 is 0 Å². The summed E-state index contributed by atoms with van der Waals surface area (Å²) in [5.41, 5.74) is 1.04. The number of nitrogens with zero attached hydrogens (tertiary/aromatic N) is 1. The van der Waals surface area contributed by atoms with Crippen LogP contribution in [0.5, 0.6) is 0 Å². The predicted molar refractivity (Wildman–Crippen MR) is 82.2 cm³/mol. The number of aryl methyl sites for hydroxylation is 1. The molecule has 3 aliphatic rings. The molecule has 6 heteroatoms. The maximum atomic E-state index is 12.5. The van der Waals surface area contributed by atoms with Gasteiger partial charge in [-0.25, -0.2) is 13.1 Å². The second-order valence-corrected chi connectivity index (χ2v) is 8.34. The molecule has 4 nitrogen and oxygen atoms in total. The van der Waals surface area contributed by atoms with Crippen LogP contribution in [0.25, 0.3) is 0 Å². The summed E-state index contributed by atoms with van der Waals surface area (Å²) in [6.07, 6.45) is 2.20. The van der Waals surface area contributed by atoms with Crippen molar-refractivity contribution in [3.05, 3.63) is 28.2 Å². The monoisotopic (exact) mass is 358 g/mol. The first kappa shape index (κ1) is 14.5. The third kappa shape index (κ3) is 2.79. The van der Waals surface area contributed by atoms with E-state index in [1.54, 1.807) is 6.07 Å². The van der Waals surface area contributed by atoms with Gasteiger partial charge in [0.05, 0.1) is 4.90 Å². The molecule has 1 atom stereocenters. The van der Waals surface area contributed by atoms with E-state index in [1.807, 2.05) is 19.1 Å². The average molecular weight is 359 g/mol. The fourth-order valence-electron chi connectivity index (χ4n) is 3.19. The van der Waals surface area contributed by atoms with Crippen molar-refractivity contribution in [2.24, 2.45) is 5.92 Å². The molecule has 1 N–H and O–H groups in total. The molecule has 1 unspecified atom stereocenters. The van der Waals surface area contributed by atoms with Crippen molar-refractivity contribution in [2.45, 2.75) is 30.7 Å². The Balaban J connectivity index is 1.82. The van der Waals surface area contributed by atoms with Crippen LogP contribution in [0.4, 0.5) is 0 Å². The molecule has 4 rings (SSSR count). The first-order valence-electron chi connectivity index (χ1n) is 6.96. The van der Waals surface area contributed by atoms with Gasteiger partial charge in [0.25, 0.3) is 0 Å². The number of nitrogens with one attached hydrogen (secondary N) is 1. The van der Waals surface area contributed by atoms with E-state index < -0.39 is 10.0 Å². The lowest BCUT2D eigenvalue weighted by Gasteiger charge is -2.44. The summed E-state index contributed by atoms with van der Waals surface area (Å²) in [5.74, 6) is 0.485. The van der Waals surface area contributed by atoms with Gasteiger partial charge in [0.2, 0.25) is 10.0 Å². The zero-order chi connectivity index (χ0) is 14.3. The highest BCUT2D eigenvalue weighted by atomic mass is 79.9. The van der Waals surface area contributed by atoms with Crippen LogP contribution in [0.15, 0.2) is 27.6 Å². The Labute approximate surface area is 128 Å². The number of fused-ring (bicyclic) bond motifs is 3. The molecular formula is C14H19BrN2O2S. The molecule has 3 heterocycles. The van der Waals surface area contributed by atoms with Gasteiger partial charge in [-0.3, -0.25) is 0 Å². The van der Waals surface area contributed by atoms with Gasteiger partial charge in [0, 0.05) is 17.1 Å². The van der Waals surface area contributed by atoms with Crippen molar-refractivity contribution in [1.82, 2.24) is 9.62 Å². The summed E-state index contributed by atoms with van der Waals surface area (Å²) < 4.78 is 28.6. The van der Waals surface area contributed by atoms with Crippen LogP contribution >= 0.6 is 15.9 Å². The van der Waals surface area contributed by atoms with Crippen molar-refractivity contribution in [3.63, 3.8) is 0 Å². The average Bonchev–Trinajstić information content (AvgIpc) is 2.39. The maximum Gasteiger partial charge on any atom is 0.241 e. The Bertz CT molecular complexity index is 610. The number of piperidine rings is 3. The van der Waals surface area contributed by atoms with Crippen molar-refractivity contribution < 1.29 is 8.42 Å². The van der Waals surface area contributed by atoms with E-state index in [1.165, 1.54) is 0 Å². The Morgan fingerprint density at radius 3 is 2.55 bits per heavy atom. The van der Waals surface area contributed by atoms with E-state index in [0.29, 0.717) is 15.3 Å². The molecule has 1 aromatic carbocycles. The van der Waals surface area contributed by atoms with Gasteiger partial charge in [0.1, 0.15) is 0 Å². The summed E-state index contributed by atoms with van der Waals surface area (Å²) in [6.45, 7) is 5.00. The van der Waals surface area contributed by atoms with Crippen LogP contribution in [0.1, 0.15) is 18.4 Å². The van der Waals surface area contributed by atoms with E-state index in [2.05, 4.69) is 25.6 Å². The molecule has 2 bridgehead atoms. The Morgan fingerprint density at radius 1 is 1.30 bits per heavy atom. The fraction of sp³-hybridized carbons (Fsp3) is 0.571. The minimum atomic E-state index is -3.45. The standard InChI is InChI=1S/C14H19BrN2O2S/c1-10-2-3-14(12(15)8-10)20(18,19)16-13-9-17-6-4-11(13)5-7-17/h2-3,8,11,13,16H,4-7,9H2,1H3. The zero-order valence-corrected chi connectivity index (χ0v) is 13.9. The highest BCUT2D eigenvalue weighted by Crippen LogP contribution is 2.30. The normalized spacial score (nSPS) is 29.6. The lowest BCUT2D eigenvalue weighted by Crippen LogP contribution is -2.57. The Morgan fingerprint density at radius 2 is 2.00 bits per heavy atom. The van der Waals surface area contributed by atoms with E-state index in [9.17, 15) is 8.42 Å². The third-order valence-electron chi connectivity index (χ3n) is 4.34. The highest BCUT2D eigenvalue weighted by Gasteiger charge is 2.36. The van der Waals surface area contributed by atoms with Crippen molar-refractivity contribution in [2.75, 3.05) is 19.6 Å². The van der Waals surface area contributed by atoms with Gasteiger partial charge in [-0.15, -0.1) is 0 Å². The SMILES string of the molecule is Cc1ccc(S(=O)(=O)NC2CN3CCC2CC3)c(Br)c1. The van der Waals surface area contributed by atoms with Crippen molar-refractivity contribution in [1.29, 1.82) is 0 Å². The summed E-state index contributed by atoms with van der Waals surface area (Å²) in [5, 5.41) is 0. The van der Waals surface area contributed by atoms with Gasteiger partial charge < -0.3 is 4.90 Å². The van der Waals surface area contributed by atoms with Gasteiger partial charge in [-0.05, 0) is 72.4 Å². The molecule has 0 aliphatic carbocycles. The highest BCUT2D eigenvalue weighted by molar-refractivity contribution is 9.10. The van der Waals surface area contributed by atoms with Crippen molar-refractivity contribution >= 4 is 26.0 Å². The van der Waals surface area contributed by atoms with Crippen LogP contribution in [0, 0.1) is 12.8 Å². The molecular weight excluding hydrogens is 340 g/mol. The lowest BCUT2D eigenvalue weighted by atomic mass is 9.85. The van der Waals surface area contributed by atoms with Crippen molar-refractivity contribution in [3.8, 4) is 0 Å². The van der Waals surface area contributed by atoms with E-state index in [-0.39, 0.29) is 6.04 Å². The molecule has 20 heavy (non-hydrogen) atoms. The molecule has 0 aromatic heterocycles. The Kier molecular flexibility index (Phi) is 3.92. The molecule has 3 aliphatic heterocycles. The third-order valence-corrected chi connectivity index (χ3v) is 6.81. The van der Waals surface area contributed by atoms with Gasteiger partial charge in [-0.1, -0.05) is 6.07 Å². The zero-order valence-electron chi connectivity index (χ0n) is 11.5. The first-order chi connectivity index (χ1) is 9.45. The van der Waals surface area contributed by atoms with Crippen LogP contribution in [-0.4, -0.2) is 39.0 Å². The minimum Gasteiger partial charge on any atom is -0.302 e. The number of hydrogen-bond donors (Lipinski definition) is 1. The summed E-state index contributed by atoms with van der Waals surface area (Å²) in [6, 6.07) is 5.39. The number of rotatable bonds is 3. The molecule has 110 valence electrons. The van der Waals surface area contributed by atoms with Crippen LogP contribution in [0.2, 0.25) is 0 Å².